The van der Waals surface area contributed by atoms with Gasteiger partial charge in [-0.3, -0.25) is 0 Å². The van der Waals surface area contributed by atoms with Crippen LogP contribution in [-0.4, -0.2) is 33.5 Å². The van der Waals surface area contributed by atoms with Crippen molar-refractivity contribution in [3.63, 3.8) is 0 Å². The van der Waals surface area contributed by atoms with Gasteiger partial charge in [-0.2, -0.15) is 0 Å². The summed E-state index contributed by atoms with van der Waals surface area (Å²) in [6, 6.07) is 0. The van der Waals surface area contributed by atoms with E-state index in [9.17, 15) is 0 Å². The topological polar surface area (TPSA) is 44.5 Å². The molecule has 0 aromatic rings. The predicted molar refractivity (Wildman–Crippen MR) is 61.8 cm³/mol. The van der Waals surface area contributed by atoms with Gasteiger partial charge in [-0.15, -0.1) is 0 Å². The van der Waals surface area contributed by atoms with Crippen LogP contribution in [0.2, 0.25) is 0 Å². The van der Waals surface area contributed by atoms with Crippen LogP contribution in [0.3, 0.4) is 0 Å². The van der Waals surface area contributed by atoms with Gasteiger partial charge in [0.2, 0.25) is 0 Å². The molecule has 1 rings (SSSR count). The maximum absolute atomic E-state index is 5.77. The molecule has 1 aliphatic rings. The minimum absolute atomic E-state index is 0.696. The lowest BCUT2D eigenvalue weighted by Crippen LogP contribution is -2.30. The Morgan fingerprint density at radius 3 is 2.53 bits per heavy atom. The molecule has 0 aliphatic heterocycles. The summed E-state index contributed by atoms with van der Waals surface area (Å²) in [5.74, 6) is 1.40. The summed E-state index contributed by atoms with van der Waals surface area (Å²) in [5, 5.41) is 0. The van der Waals surface area contributed by atoms with Gasteiger partial charge in [0.05, 0.1) is 0 Å². The molecule has 2 atom stereocenters. The van der Waals surface area contributed by atoms with E-state index in [-0.39, 0.29) is 0 Å². The minimum atomic E-state index is 0.696. The van der Waals surface area contributed by atoms with Gasteiger partial charge in [-0.25, -0.2) is 0 Å². The normalized spacial score (nSPS) is 26.8. The second-order valence-corrected chi connectivity index (χ2v) is 4.46. The molecule has 1 saturated carbocycles. The molecule has 15 heavy (non-hydrogen) atoms. The van der Waals surface area contributed by atoms with Gasteiger partial charge < -0.3 is 15.2 Å². The van der Waals surface area contributed by atoms with Crippen molar-refractivity contribution in [2.24, 2.45) is 17.6 Å². The van der Waals surface area contributed by atoms with Crippen LogP contribution < -0.4 is 5.73 Å². The third kappa shape index (κ3) is 4.96. The molecular formula is C12H25NO2. The molecule has 0 saturated heterocycles. The summed E-state index contributed by atoms with van der Waals surface area (Å²) in [4.78, 5) is 0. The van der Waals surface area contributed by atoms with Crippen LogP contribution in [0.1, 0.15) is 32.1 Å². The number of hydrogen-bond donors (Lipinski definition) is 1. The van der Waals surface area contributed by atoms with Crippen molar-refractivity contribution in [3.8, 4) is 0 Å². The first-order chi connectivity index (χ1) is 7.38. The van der Waals surface area contributed by atoms with E-state index >= 15 is 0 Å². The molecule has 3 nitrogen and oxygen atoms in total. The first-order valence-corrected chi connectivity index (χ1v) is 6.15. The Hall–Kier alpha value is -0.120. The van der Waals surface area contributed by atoms with E-state index in [0.29, 0.717) is 11.8 Å². The van der Waals surface area contributed by atoms with Crippen LogP contribution in [0.4, 0.5) is 0 Å². The SMILES string of the molecule is COCCCOCC1CCCCC1CN. The van der Waals surface area contributed by atoms with Crippen LogP contribution in [0.15, 0.2) is 0 Å². The van der Waals surface area contributed by atoms with E-state index in [0.717, 1.165) is 32.8 Å². The van der Waals surface area contributed by atoms with E-state index in [4.69, 9.17) is 15.2 Å². The Labute approximate surface area is 93.3 Å². The molecule has 2 unspecified atom stereocenters. The van der Waals surface area contributed by atoms with Gasteiger partial charge in [-0.05, 0) is 37.6 Å². The summed E-state index contributed by atoms with van der Waals surface area (Å²) in [6.07, 6.45) is 6.29. The molecule has 0 radical (unpaired) electrons. The van der Waals surface area contributed by atoms with Crippen molar-refractivity contribution in [2.75, 3.05) is 33.5 Å². The highest BCUT2D eigenvalue weighted by Crippen LogP contribution is 2.29. The zero-order chi connectivity index (χ0) is 10.9. The maximum atomic E-state index is 5.77. The fraction of sp³-hybridized carbons (Fsp3) is 1.00. The van der Waals surface area contributed by atoms with Crippen LogP contribution >= 0.6 is 0 Å². The van der Waals surface area contributed by atoms with Crippen molar-refractivity contribution >= 4 is 0 Å². The maximum Gasteiger partial charge on any atom is 0.0497 e. The quantitative estimate of drug-likeness (QED) is 0.659. The molecule has 0 amide bonds. The van der Waals surface area contributed by atoms with Crippen LogP contribution in [0, 0.1) is 11.8 Å². The molecule has 0 aromatic carbocycles. The smallest absolute Gasteiger partial charge is 0.0497 e. The largest absolute Gasteiger partial charge is 0.385 e. The zero-order valence-corrected chi connectivity index (χ0v) is 9.91. The number of hydrogen-bond acceptors (Lipinski definition) is 3. The second kappa shape index (κ2) is 8.08. The standard InChI is InChI=1S/C12H25NO2/c1-14-7-4-8-15-10-12-6-3-2-5-11(12)9-13/h11-12H,2-10,13H2,1H3. The summed E-state index contributed by atoms with van der Waals surface area (Å²) < 4.78 is 10.6. The summed E-state index contributed by atoms with van der Waals surface area (Å²) in [7, 11) is 1.73. The van der Waals surface area contributed by atoms with Crippen molar-refractivity contribution < 1.29 is 9.47 Å². The van der Waals surface area contributed by atoms with Gasteiger partial charge in [0, 0.05) is 26.9 Å². The van der Waals surface area contributed by atoms with E-state index in [1.54, 1.807) is 7.11 Å². The molecule has 2 N–H and O–H groups in total. The van der Waals surface area contributed by atoms with Crippen molar-refractivity contribution in [3.05, 3.63) is 0 Å². The predicted octanol–water partition coefficient (Wildman–Crippen LogP) is 1.80. The van der Waals surface area contributed by atoms with Crippen LogP contribution in [0.5, 0.6) is 0 Å². The van der Waals surface area contributed by atoms with Crippen LogP contribution in [-0.2, 0) is 9.47 Å². The average molecular weight is 215 g/mol. The van der Waals surface area contributed by atoms with E-state index in [2.05, 4.69) is 0 Å². The highest BCUT2D eigenvalue weighted by atomic mass is 16.5. The summed E-state index contributed by atoms with van der Waals surface area (Å²) >= 11 is 0. The van der Waals surface area contributed by atoms with Gasteiger partial charge in [-0.1, -0.05) is 12.8 Å². The van der Waals surface area contributed by atoms with E-state index < -0.39 is 0 Å². The minimum Gasteiger partial charge on any atom is -0.385 e. The van der Waals surface area contributed by atoms with Gasteiger partial charge >= 0.3 is 0 Å². The van der Waals surface area contributed by atoms with Crippen molar-refractivity contribution in [1.29, 1.82) is 0 Å². The Kier molecular flexibility index (Phi) is 6.98. The summed E-state index contributed by atoms with van der Waals surface area (Å²) in [6.45, 7) is 3.34. The monoisotopic (exact) mass is 215 g/mol. The fourth-order valence-electron chi connectivity index (χ4n) is 2.35. The second-order valence-electron chi connectivity index (χ2n) is 4.46. The molecule has 90 valence electrons. The fourth-order valence-corrected chi connectivity index (χ4v) is 2.35. The molecule has 3 heteroatoms. The lowest BCUT2D eigenvalue weighted by atomic mass is 9.80. The molecule has 0 spiro atoms. The Balaban J connectivity index is 2.07. The van der Waals surface area contributed by atoms with Crippen molar-refractivity contribution in [2.45, 2.75) is 32.1 Å². The molecule has 0 bridgehead atoms. The first-order valence-electron chi connectivity index (χ1n) is 6.15. The summed E-state index contributed by atoms with van der Waals surface area (Å²) in [5.41, 5.74) is 5.77. The lowest BCUT2D eigenvalue weighted by molar-refractivity contribution is 0.0492. The first kappa shape index (κ1) is 12.9. The van der Waals surface area contributed by atoms with E-state index in [1.165, 1.54) is 25.7 Å². The number of rotatable bonds is 7. The third-order valence-electron chi connectivity index (χ3n) is 3.34. The Morgan fingerprint density at radius 1 is 1.13 bits per heavy atom. The Bertz CT molecular complexity index is 153. The van der Waals surface area contributed by atoms with Gasteiger partial charge in [0.25, 0.3) is 0 Å². The molecule has 1 fully saturated rings. The van der Waals surface area contributed by atoms with Crippen molar-refractivity contribution in [1.82, 2.24) is 0 Å². The van der Waals surface area contributed by atoms with Gasteiger partial charge in [0.1, 0.15) is 0 Å². The molecular weight excluding hydrogens is 190 g/mol. The molecule has 0 aromatic heterocycles. The Morgan fingerprint density at radius 2 is 1.87 bits per heavy atom. The molecule has 0 heterocycles. The van der Waals surface area contributed by atoms with E-state index in [1.807, 2.05) is 0 Å². The molecule has 1 aliphatic carbocycles. The average Bonchev–Trinajstić information content (AvgIpc) is 2.29. The highest BCUT2D eigenvalue weighted by molar-refractivity contribution is 4.75. The van der Waals surface area contributed by atoms with Crippen LogP contribution in [0.25, 0.3) is 0 Å². The lowest BCUT2D eigenvalue weighted by Gasteiger charge is -2.30. The number of methoxy groups -OCH3 is 1. The number of nitrogens with two attached hydrogens (primary N) is 1. The zero-order valence-electron chi connectivity index (χ0n) is 9.91. The third-order valence-corrected chi connectivity index (χ3v) is 3.34. The highest BCUT2D eigenvalue weighted by Gasteiger charge is 2.23. The number of ether oxygens (including phenoxy) is 2. The van der Waals surface area contributed by atoms with Gasteiger partial charge in [0.15, 0.2) is 0 Å².